The molecule has 4 heterocycles. The molecule has 2 aromatic heterocycles. The third-order valence-electron chi connectivity index (χ3n) is 6.84. The monoisotopic (exact) mass is 888 g/mol. The van der Waals surface area contributed by atoms with Crippen LogP contribution in [-0.2, 0) is 9.68 Å². The first-order valence-electron chi connectivity index (χ1n) is 13.8. The van der Waals surface area contributed by atoms with Crippen molar-refractivity contribution in [2.45, 2.75) is 51.9 Å². The summed E-state index contributed by atoms with van der Waals surface area (Å²) in [4.78, 5) is 13.6. The third-order valence-corrected chi connectivity index (χ3v) is 7.68. The molecular weight excluding hydrogens is 853 g/mol. The number of carbonyl (C=O) groups excluding carboxylic acids is 1. The first-order chi connectivity index (χ1) is 20.7. The number of hydrogen-bond donors (Lipinski definition) is 3. The number of benzene rings is 2. The van der Waals surface area contributed by atoms with Crippen molar-refractivity contribution in [2.24, 2.45) is 0 Å². The maximum atomic E-state index is 8.64. The number of carbonyl (C=O) groups is 1. The molecule has 2 fully saturated rings. The molecule has 250 valence electrons. The number of anilines is 1. The van der Waals surface area contributed by atoms with Crippen LogP contribution < -0.4 is 129 Å². The summed E-state index contributed by atoms with van der Waals surface area (Å²) >= 11 is 17.7. The maximum absolute atomic E-state index is 8.64. The number of halogens is 5. The van der Waals surface area contributed by atoms with Crippen molar-refractivity contribution in [3.8, 4) is 0 Å². The van der Waals surface area contributed by atoms with Gasteiger partial charge in [-0.25, -0.2) is 0 Å². The van der Waals surface area contributed by atoms with Crippen molar-refractivity contribution in [1.29, 1.82) is 0 Å². The molecule has 0 bridgehead atoms. The van der Waals surface area contributed by atoms with Gasteiger partial charge < -0.3 is 32.4 Å². The molecule has 0 amide bonds. The Morgan fingerprint density at radius 2 is 1.09 bits per heavy atom. The Morgan fingerprint density at radius 1 is 0.723 bits per heavy atom. The summed E-state index contributed by atoms with van der Waals surface area (Å²) in [5.74, 6) is 0.931. The average molecular weight is 892 g/mol. The zero-order valence-electron chi connectivity index (χ0n) is 28.2. The van der Waals surface area contributed by atoms with Gasteiger partial charge in [0.15, 0.2) is 21.3 Å². The van der Waals surface area contributed by atoms with Gasteiger partial charge in [0.25, 0.3) is 6.47 Å². The summed E-state index contributed by atoms with van der Waals surface area (Å²) in [6.45, 7) is 12.7. The molecule has 2 saturated heterocycles. The minimum Gasteiger partial charge on any atom is -1.00 e. The average Bonchev–Trinajstić information content (AvgIpc) is 3.03. The molecule has 18 heteroatoms. The zero-order valence-corrected chi connectivity index (χ0v) is 39.2. The number of hydrogen-bond acceptors (Lipinski definition) is 11. The summed E-state index contributed by atoms with van der Waals surface area (Å²) in [7, 11) is 0. The fourth-order valence-corrected chi connectivity index (χ4v) is 5.13. The van der Waals surface area contributed by atoms with Gasteiger partial charge in [-0.15, -0.1) is 54.4 Å². The van der Waals surface area contributed by atoms with Crippen LogP contribution in [0.1, 0.15) is 29.1 Å². The minimum absolute atomic E-state index is 0. The normalized spacial score (nSPS) is 19.5. The van der Waals surface area contributed by atoms with Gasteiger partial charge >= 0.3 is 103 Å². The predicted molar refractivity (Wildman–Crippen MR) is 192 cm³/mol. The van der Waals surface area contributed by atoms with Crippen molar-refractivity contribution in [3.63, 3.8) is 0 Å². The van der Waals surface area contributed by atoms with Gasteiger partial charge in [0.2, 0.25) is 0 Å². The number of nitrogens with one attached hydrogen (secondary N) is 3. The summed E-state index contributed by atoms with van der Waals surface area (Å²) in [6.07, 6.45) is 0. The van der Waals surface area contributed by atoms with E-state index in [4.69, 9.17) is 44.9 Å². The SMILES string of the molecule is Br.Br.C[C@@H]1CN(c2nnc(Cl)c3ccccc23)[C@H](C)CN1.C[C@@H]1CN[C@H](C)CN1.Clc1nnc(Cl)c2ccccc12.O=CO[O-].[H-].[K+].[K+]. The molecule has 11 nitrogen and oxygen atoms in total. The zero-order chi connectivity index (χ0) is 31.4. The molecule has 0 radical (unpaired) electrons. The Hall–Kier alpha value is 1.33. The molecule has 0 unspecified atom stereocenters. The van der Waals surface area contributed by atoms with Crippen LogP contribution >= 0.6 is 68.8 Å². The van der Waals surface area contributed by atoms with Gasteiger partial charge in [-0.3, -0.25) is 4.79 Å². The molecule has 4 atom stereocenters. The molecule has 0 aliphatic carbocycles. The van der Waals surface area contributed by atoms with E-state index in [1.807, 2.05) is 42.5 Å². The maximum Gasteiger partial charge on any atom is 1.00 e. The quantitative estimate of drug-likeness (QED) is 0.0998. The van der Waals surface area contributed by atoms with E-state index in [0.717, 1.165) is 53.5 Å². The molecule has 2 aliphatic heterocycles. The van der Waals surface area contributed by atoms with E-state index < -0.39 is 0 Å². The number of rotatable bonds is 2. The van der Waals surface area contributed by atoms with Crippen molar-refractivity contribution in [3.05, 3.63) is 64.0 Å². The van der Waals surface area contributed by atoms with Gasteiger partial charge in [0.1, 0.15) is 0 Å². The number of fused-ring (bicyclic) bond motifs is 2. The second-order valence-corrected chi connectivity index (χ2v) is 11.4. The Bertz CT molecular complexity index is 1440. The second-order valence-electron chi connectivity index (χ2n) is 10.3. The van der Waals surface area contributed by atoms with Crippen LogP contribution in [0.25, 0.3) is 21.5 Å². The molecular formula is C29H39Br2Cl3K2N8O3. The Morgan fingerprint density at radius 3 is 1.49 bits per heavy atom. The van der Waals surface area contributed by atoms with E-state index in [-0.39, 0.29) is 145 Å². The molecule has 2 aliphatic rings. The van der Waals surface area contributed by atoms with Crippen LogP contribution in [0.15, 0.2) is 48.5 Å². The van der Waals surface area contributed by atoms with E-state index in [9.17, 15) is 0 Å². The van der Waals surface area contributed by atoms with E-state index in [0.29, 0.717) is 39.6 Å². The van der Waals surface area contributed by atoms with Crippen molar-refractivity contribution in [2.75, 3.05) is 31.1 Å². The molecule has 0 saturated carbocycles. The topological polar surface area (TPSA) is 140 Å². The van der Waals surface area contributed by atoms with Crippen LogP contribution in [0.2, 0.25) is 15.5 Å². The van der Waals surface area contributed by atoms with Crippen molar-refractivity contribution < 1.29 is 119 Å². The largest absolute Gasteiger partial charge is 1.00 e. The van der Waals surface area contributed by atoms with Crippen molar-refractivity contribution >= 4 is 103 Å². The van der Waals surface area contributed by atoms with E-state index in [1.165, 1.54) is 0 Å². The van der Waals surface area contributed by atoms with Crippen molar-refractivity contribution in [1.82, 2.24) is 36.3 Å². The summed E-state index contributed by atoms with van der Waals surface area (Å²) in [5.41, 5.74) is 0. The Balaban J connectivity index is -0.000000609. The van der Waals surface area contributed by atoms with E-state index in [2.05, 4.69) is 79.9 Å². The fourth-order valence-electron chi connectivity index (χ4n) is 4.52. The van der Waals surface area contributed by atoms with Gasteiger partial charge in [-0.2, -0.15) is 0 Å². The van der Waals surface area contributed by atoms with Crippen LogP contribution in [-0.4, -0.2) is 77.2 Å². The van der Waals surface area contributed by atoms with Gasteiger partial charge in [-0.05, 0) is 27.7 Å². The number of piperazine rings is 2. The van der Waals surface area contributed by atoms with Crippen LogP contribution in [0, 0.1) is 0 Å². The van der Waals surface area contributed by atoms with Crippen LogP contribution in [0.5, 0.6) is 0 Å². The van der Waals surface area contributed by atoms with E-state index in [1.54, 1.807) is 0 Å². The molecule has 47 heavy (non-hydrogen) atoms. The summed E-state index contributed by atoms with van der Waals surface area (Å²) < 4.78 is 0. The summed E-state index contributed by atoms with van der Waals surface area (Å²) in [6, 6.07) is 17.7. The third kappa shape index (κ3) is 16.3. The minimum atomic E-state index is -0.181. The molecule has 4 aromatic rings. The predicted octanol–water partition coefficient (Wildman–Crippen LogP) is -0.926. The van der Waals surface area contributed by atoms with Gasteiger partial charge in [0.05, 0.1) is 0 Å². The molecule has 3 N–H and O–H groups in total. The molecule has 2 aromatic carbocycles. The van der Waals surface area contributed by atoms with Crippen LogP contribution in [0.4, 0.5) is 5.82 Å². The van der Waals surface area contributed by atoms with E-state index >= 15 is 0 Å². The first kappa shape index (κ1) is 50.4. The number of aromatic nitrogens is 4. The smallest absolute Gasteiger partial charge is 1.00 e. The van der Waals surface area contributed by atoms with Gasteiger partial charge in [-0.1, -0.05) is 83.3 Å². The summed E-state index contributed by atoms with van der Waals surface area (Å²) in [5, 5.41) is 39.4. The first-order valence-corrected chi connectivity index (χ1v) is 15.0. The van der Waals surface area contributed by atoms with Crippen LogP contribution in [0.3, 0.4) is 0 Å². The number of nitrogens with zero attached hydrogens (tertiary/aromatic N) is 5. The fraction of sp³-hybridized carbons (Fsp3) is 0.414. The Labute approximate surface area is 398 Å². The van der Waals surface area contributed by atoms with Gasteiger partial charge in [0, 0.05) is 71.9 Å². The molecule has 0 spiro atoms. The second kappa shape index (κ2) is 27.0. The Kier molecular flexibility index (Phi) is 29.0. The standard InChI is InChI=1S/C14H17ClN4.C8H4Cl2N2.C6H14N2.CH2O3.2BrH.2K.H/c1-9-8-19(10(2)7-16-9)14-12-6-4-3-5-11(12)13(15)17-18-14;9-7-5-3-1-2-4-6(5)8(10)12-11-7;1-5-3-8-6(2)4-7-5;2-1-4-3;;;;;/h3-6,9-10,16H,7-8H2,1-2H3;1-4H;5-8H,3-4H2,1-2H3;1,3H;2*1H;;;/q;;;;;;2*+1;-1/p-1/t9-,10-;;5-,6-;;;;;;/m1.1....../s1. The molecule has 6 rings (SSSR count).